The van der Waals surface area contributed by atoms with Gasteiger partial charge >= 0.3 is 0 Å². The summed E-state index contributed by atoms with van der Waals surface area (Å²) in [7, 11) is 1.65. The Kier molecular flexibility index (Phi) is 8.88. The van der Waals surface area contributed by atoms with Gasteiger partial charge in [0.25, 0.3) is 11.8 Å². The Labute approximate surface area is 232 Å². The highest BCUT2D eigenvalue weighted by atomic mass is 16.2. The molecule has 0 bridgehead atoms. The maximum atomic E-state index is 12.8. The molecule has 0 radical (unpaired) electrons. The van der Waals surface area contributed by atoms with Gasteiger partial charge in [-0.1, -0.05) is 60.7 Å². The molecule has 202 valence electrons. The highest BCUT2D eigenvalue weighted by Crippen LogP contribution is 2.30. The molecule has 0 aliphatic heterocycles. The van der Waals surface area contributed by atoms with E-state index in [1.165, 1.54) is 0 Å². The van der Waals surface area contributed by atoms with Crippen LogP contribution in [0, 0.1) is 0 Å². The molecule has 0 aliphatic rings. The summed E-state index contributed by atoms with van der Waals surface area (Å²) in [5.41, 5.74) is 23.0. The summed E-state index contributed by atoms with van der Waals surface area (Å²) in [6.07, 6.45) is 0. The topological polar surface area (TPSA) is 161 Å². The quantitative estimate of drug-likeness (QED) is 0.126. The lowest BCUT2D eigenvalue weighted by Crippen LogP contribution is -2.34. The predicted octanol–water partition coefficient (Wildman–Crippen LogP) is 3.42. The summed E-state index contributed by atoms with van der Waals surface area (Å²) in [5.74, 6) is -0.0607. The van der Waals surface area contributed by atoms with Crippen molar-refractivity contribution >= 4 is 29.3 Å². The van der Waals surface area contributed by atoms with E-state index in [0.29, 0.717) is 22.6 Å². The fourth-order valence-corrected chi connectivity index (χ4v) is 4.14. The molecule has 0 spiro atoms. The van der Waals surface area contributed by atoms with Gasteiger partial charge in [0.1, 0.15) is 5.84 Å². The maximum absolute atomic E-state index is 12.8. The Hall–Kier alpha value is -5.44. The van der Waals surface area contributed by atoms with E-state index in [1.807, 2.05) is 60.7 Å². The van der Waals surface area contributed by atoms with Crippen LogP contribution in [0.5, 0.6) is 0 Å². The first kappa shape index (κ1) is 27.6. The third-order valence-corrected chi connectivity index (χ3v) is 6.17. The summed E-state index contributed by atoms with van der Waals surface area (Å²) < 4.78 is 0. The van der Waals surface area contributed by atoms with Crippen molar-refractivity contribution in [2.45, 2.75) is 0 Å². The fourth-order valence-electron chi connectivity index (χ4n) is 4.14. The van der Waals surface area contributed by atoms with Gasteiger partial charge in [-0.05, 0) is 53.1 Å². The molecule has 0 heterocycles. The summed E-state index contributed by atoms with van der Waals surface area (Å²) in [6.45, 7) is 0.543. The molecule has 4 rings (SSSR count). The number of rotatable bonds is 9. The molecule has 9 heteroatoms. The second-order valence-corrected chi connectivity index (χ2v) is 8.91. The van der Waals surface area contributed by atoms with Crippen LogP contribution >= 0.6 is 0 Å². The van der Waals surface area contributed by atoms with E-state index >= 15 is 0 Å². The smallest absolute Gasteiger partial charge is 0.251 e. The average molecular weight is 534 g/mol. The van der Waals surface area contributed by atoms with Crippen molar-refractivity contribution in [1.82, 2.24) is 10.6 Å². The third-order valence-electron chi connectivity index (χ3n) is 6.17. The first-order chi connectivity index (χ1) is 19.4. The van der Waals surface area contributed by atoms with Gasteiger partial charge in [-0.25, -0.2) is 4.99 Å². The Morgan fingerprint density at radius 1 is 0.650 bits per heavy atom. The van der Waals surface area contributed by atoms with Crippen molar-refractivity contribution in [3.8, 4) is 22.3 Å². The van der Waals surface area contributed by atoms with E-state index in [4.69, 9.17) is 17.2 Å². The predicted molar refractivity (Wildman–Crippen MR) is 161 cm³/mol. The Balaban J connectivity index is 1.32. The Bertz CT molecular complexity index is 1570. The fraction of sp³-hybridized carbons (Fsp3) is 0.0968. The molecule has 4 aromatic rings. The van der Waals surface area contributed by atoms with Gasteiger partial charge < -0.3 is 27.8 Å². The number of amides is 2. The van der Waals surface area contributed by atoms with Crippen LogP contribution in [0.25, 0.3) is 22.3 Å². The van der Waals surface area contributed by atoms with Crippen LogP contribution in [0.15, 0.2) is 107 Å². The van der Waals surface area contributed by atoms with Crippen LogP contribution in [0.1, 0.15) is 26.3 Å². The first-order valence-corrected chi connectivity index (χ1v) is 12.6. The number of amidine groups is 1. The van der Waals surface area contributed by atoms with Crippen LogP contribution in [-0.2, 0) is 0 Å². The van der Waals surface area contributed by atoms with Gasteiger partial charge in [0.15, 0.2) is 5.96 Å². The van der Waals surface area contributed by atoms with Crippen molar-refractivity contribution in [2.24, 2.45) is 27.2 Å². The normalized spacial score (nSPS) is 11.0. The summed E-state index contributed by atoms with van der Waals surface area (Å²) >= 11 is 0. The second kappa shape index (κ2) is 12.9. The standard InChI is InChI=1S/C31H31N7O2/c1-35-28(32)24-8-4-6-22(18-24)20-12-14-21(15-13-20)29(39)36-16-17-37-30(40)25-9-5-7-23(19-25)26-10-2-3-11-27(26)38-31(33)34/h2-15,18-19H,16-17H2,1H3,(H2,32,35)(H,36,39)(H,37,40)(H4,33,34,38). The molecule has 0 saturated carbocycles. The molecule has 8 N–H and O–H groups in total. The van der Waals surface area contributed by atoms with Crippen molar-refractivity contribution < 1.29 is 9.59 Å². The number of hydrogen-bond acceptors (Lipinski definition) is 4. The zero-order valence-corrected chi connectivity index (χ0v) is 22.1. The molecule has 0 unspecified atom stereocenters. The van der Waals surface area contributed by atoms with Crippen LogP contribution in [0.2, 0.25) is 0 Å². The zero-order valence-electron chi connectivity index (χ0n) is 22.1. The van der Waals surface area contributed by atoms with Gasteiger partial charge in [-0.3, -0.25) is 14.6 Å². The number of para-hydroxylation sites is 1. The van der Waals surface area contributed by atoms with E-state index in [2.05, 4.69) is 20.6 Å². The molecular weight excluding hydrogens is 502 g/mol. The molecule has 0 aliphatic carbocycles. The monoisotopic (exact) mass is 533 g/mol. The van der Waals surface area contributed by atoms with Gasteiger partial charge in [0.2, 0.25) is 0 Å². The average Bonchev–Trinajstić information content (AvgIpc) is 2.99. The van der Waals surface area contributed by atoms with Crippen LogP contribution in [-0.4, -0.2) is 43.7 Å². The number of nitrogens with one attached hydrogen (secondary N) is 2. The maximum Gasteiger partial charge on any atom is 0.251 e. The molecule has 0 aromatic heterocycles. The molecule has 0 atom stereocenters. The minimum absolute atomic E-state index is 0.0439. The zero-order chi connectivity index (χ0) is 28.5. The molecule has 2 amide bonds. The van der Waals surface area contributed by atoms with Crippen molar-refractivity contribution in [2.75, 3.05) is 20.1 Å². The second-order valence-electron chi connectivity index (χ2n) is 8.91. The van der Waals surface area contributed by atoms with Crippen molar-refractivity contribution in [1.29, 1.82) is 0 Å². The lowest BCUT2D eigenvalue weighted by atomic mass is 10.0. The van der Waals surface area contributed by atoms with Crippen LogP contribution in [0.3, 0.4) is 0 Å². The minimum atomic E-state index is -0.254. The number of carbonyl (C=O) groups is 2. The summed E-state index contributed by atoms with van der Waals surface area (Å²) in [5, 5.41) is 5.68. The van der Waals surface area contributed by atoms with Gasteiger partial charge in [-0.2, -0.15) is 0 Å². The number of hydrogen-bond donors (Lipinski definition) is 5. The summed E-state index contributed by atoms with van der Waals surface area (Å²) in [4.78, 5) is 33.6. The molecule has 4 aromatic carbocycles. The molecular formula is C31H31N7O2. The molecule has 9 nitrogen and oxygen atoms in total. The van der Waals surface area contributed by atoms with Gasteiger partial charge in [0.05, 0.1) is 5.69 Å². The lowest BCUT2D eigenvalue weighted by Gasteiger charge is -2.10. The largest absolute Gasteiger partial charge is 0.384 e. The number of nitrogens with zero attached hydrogens (tertiary/aromatic N) is 2. The SMILES string of the molecule is CN=C(N)c1cccc(-c2ccc(C(=O)NCCNC(=O)c3cccc(-c4ccccc4N=C(N)N)c3)cc2)c1. The van der Waals surface area contributed by atoms with Crippen molar-refractivity contribution in [3.05, 3.63) is 114 Å². The summed E-state index contributed by atoms with van der Waals surface area (Å²) in [6, 6.07) is 29.6. The number of guanidine groups is 1. The van der Waals surface area contributed by atoms with E-state index in [9.17, 15) is 9.59 Å². The first-order valence-electron chi connectivity index (χ1n) is 12.6. The number of carbonyl (C=O) groups excluding carboxylic acids is 2. The van der Waals surface area contributed by atoms with Crippen LogP contribution < -0.4 is 27.8 Å². The third kappa shape index (κ3) is 6.90. The van der Waals surface area contributed by atoms with Crippen LogP contribution in [0.4, 0.5) is 5.69 Å². The molecule has 40 heavy (non-hydrogen) atoms. The molecule has 0 fully saturated rings. The highest BCUT2D eigenvalue weighted by molar-refractivity contribution is 5.99. The van der Waals surface area contributed by atoms with E-state index in [-0.39, 0.29) is 30.9 Å². The molecule has 0 saturated heterocycles. The van der Waals surface area contributed by atoms with Gasteiger partial charge in [0, 0.05) is 42.4 Å². The number of aliphatic imine (C=N–C) groups is 2. The van der Waals surface area contributed by atoms with E-state index in [1.54, 1.807) is 43.4 Å². The number of benzene rings is 4. The Morgan fingerprint density at radius 3 is 1.93 bits per heavy atom. The lowest BCUT2D eigenvalue weighted by molar-refractivity contribution is 0.0927. The van der Waals surface area contributed by atoms with E-state index < -0.39 is 0 Å². The highest BCUT2D eigenvalue weighted by Gasteiger charge is 2.11. The minimum Gasteiger partial charge on any atom is -0.384 e. The van der Waals surface area contributed by atoms with Crippen molar-refractivity contribution in [3.63, 3.8) is 0 Å². The number of nitrogens with two attached hydrogens (primary N) is 3. The van der Waals surface area contributed by atoms with E-state index in [0.717, 1.165) is 27.8 Å². The van der Waals surface area contributed by atoms with Gasteiger partial charge in [-0.15, -0.1) is 0 Å². The Morgan fingerprint density at radius 2 is 1.25 bits per heavy atom.